The molecule has 1 aromatic carbocycles. The van der Waals surface area contributed by atoms with Gasteiger partial charge in [0.15, 0.2) is 0 Å². The van der Waals surface area contributed by atoms with Gasteiger partial charge in [0.25, 0.3) is 0 Å². The van der Waals surface area contributed by atoms with Crippen LogP contribution in [-0.2, 0) is 14.3 Å². The van der Waals surface area contributed by atoms with Gasteiger partial charge >= 0.3 is 6.09 Å². The van der Waals surface area contributed by atoms with Gasteiger partial charge < -0.3 is 20.3 Å². The Kier molecular flexibility index (Phi) is 8.45. The van der Waals surface area contributed by atoms with E-state index in [9.17, 15) is 14.4 Å². The number of hydrogen-bond acceptors (Lipinski definition) is 4. The molecular weight excluding hydrogens is 382 g/mol. The molecule has 7 heteroatoms. The van der Waals surface area contributed by atoms with Crippen molar-refractivity contribution in [2.45, 2.75) is 91.6 Å². The molecule has 0 aliphatic heterocycles. The highest BCUT2D eigenvalue weighted by molar-refractivity contribution is 5.92. The molecule has 0 bridgehead atoms. The summed E-state index contributed by atoms with van der Waals surface area (Å²) in [4.78, 5) is 40.3. The number of nitrogens with one attached hydrogen (secondary N) is 2. The zero-order valence-electron chi connectivity index (χ0n) is 19.7. The highest BCUT2D eigenvalue weighted by atomic mass is 16.6. The van der Waals surface area contributed by atoms with Crippen LogP contribution in [-0.4, -0.2) is 46.0 Å². The van der Waals surface area contributed by atoms with Gasteiger partial charge in [-0.25, -0.2) is 4.79 Å². The van der Waals surface area contributed by atoms with E-state index >= 15 is 0 Å². The van der Waals surface area contributed by atoms with Gasteiger partial charge in [-0.3, -0.25) is 9.59 Å². The first kappa shape index (κ1) is 25.5. The van der Waals surface area contributed by atoms with E-state index in [-0.39, 0.29) is 17.9 Å². The lowest BCUT2D eigenvalue weighted by Gasteiger charge is -2.42. The van der Waals surface area contributed by atoms with Crippen LogP contribution in [0.3, 0.4) is 0 Å². The Hall–Kier alpha value is -2.57. The van der Waals surface area contributed by atoms with Crippen LogP contribution in [0.2, 0.25) is 0 Å². The standard InChI is InChI=1S/C23H37N3O4/c1-15(2)24-19(27)18(17-13-11-10-12-14-17)26(22(4,5)6)20(28)16(3)25-21(29)30-23(7,8)9/h10-16,18H,1-9H3,(H,24,27)(H,25,29). The Bertz CT molecular complexity index is 733. The number of nitrogens with zero attached hydrogens (tertiary/aromatic N) is 1. The molecule has 0 heterocycles. The predicted molar refractivity (Wildman–Crippen MR) is 118 cm³/mol. The zero-order chi connectivity index (χ0) is 23.3. The van der Waals surface area contributed by atoms with Gasteiger partial charge in [-0.1, -0.05) is 30.3 Å². The number of carbonyl (C=O) groups excluding carboxylic acids is 3. The lowest BCUT2D eigenvalue weighted by Crippen LogP contribution is -2.58. The molecule has 30 heavy (non-hydrogen) atoms. The third kappa shape index (κ3) is 7.69. The SMILES string of the molecule is CC(C)NC(=O)C(c1ccccc1)N(C(=O)C(C)NC(=O)OC(C)(C)C)C(C)(C)C. The van der Waals surface area contributed by atoms with Crippen LogP contribution in [0.5, 0.6) is 0 Å². The fourth-order valence-electron chi connectivity index (χ4n) is 3.02. The van der Waals surface area contributed by atoms with E-state index in [1.165, 1.54) is 4.90 Å². The number of amides is 3. The van der Waals surface area contributed by atoms with Crippen LogP contribution in [0, 0.1) is 0 Å². The largest absolute Gasteiger partial charge is 0.444 e. The van der Waals surface area contributed by atoms with Gasteiger partial charge in [0.1, 0.15) is 17.7 Å². The Morgan fingerprint density at radius 2 is 1.43 bits per heavy atom. The highest BCUT2D eigenvalue weighted by Gasteiger charge is 2.40. The molecule has 0 saturated carbocycles. The first-order valence-electron chi connectivity index (χ1n) is 10.3. The first-order valence-corrected chi connectivity index (χ1v) is 10.3. The van der Waals surface area contributed by atoms with Crippen molar-refractivity contribution in [3.63, 3.8) is 0 Å². The second-order valence-corrected chi connectivity index (χ2v) is 9.72. The average Bonchev–Trinajstić information content (AvgIpc) is 2.56. The van der Waals surface area contributed by atoms with E-state index in [4.69, 9.17) is 4.74 Å². The zero-order valence-corrected chi connectivity index (χ0v) is 19.7. The molecule has 2 unspecified atom stereocenters. The number of carbonyl (C=O) groups is 3. The Balaban J connectivity index is 3.30. The number of hydrogen-bond donors (Lipinski definition) is 2. The second kappa shape index (κ2) is 9.96. The Morgan fingerprint density at radius 1 is 0.900 bits per heavy atom. The number of ether oxygens (including phenoxy) is 1. The summed E-state index contributed by atoms with van der Waals surface area (Å²) >= 11 is 0. The minimum absolute atomic E-state index is 0.0852. The first-order chi connectivity index (χ1) is 13.6. The van der Waals surface area contributed by atoms with Crippen LogP contribution in [0.15, 0.2) is 30.3 Å². The van der Waals surface area contributed by atoms with Crippen LogP contribution < -0.4 is 10.6 Å². The predicted octanol–water partition coefficient (Wildman–Crippen LogP) is 3.79. The molecule has 168 valence electrons. The van der Waals surface area contributed by atoms with Crippen molar-refractivity contribution in [1.82, 2.24) is 15.5 Å². The molecular formula is C23H37N3O4. The van der Waals surface area contributed by atoms with Gasteiger partial charge in [0.05, 0.1) is 0 Å². The van der Waals surface area contributed by atoms with Gasteiger partial charge in [0, 0.05) is 11.6 Å². The average molecular weight is 420 g/mol. The van der Waals surface area contributed by atoms with E-state index in [1.807, 2.05) is 65.0 Å². The summed E-state index contributed by atoms with van der Waals surface area (Å²) in [5, 5.41) is 5.51. The lowest BCUT2D eigenvalue weighted by molar-refractivity contribution is -0.148. The fourth-order valence-corrected chi connectivity index (χ4v) is 3.02. The molecule has 0 aliphatic rings. The normalized spacial score (nSPS) is 13.9. The molecule has 1 aromatic rings. The molecule has 3 amide bonds. The maximum absolute atomic E-state index is 13.5. The summed E-state index contributed by atoms with van der Waals surface area (Å²) in [7, 11) is 0. The highest BCUT2D eigenvalue weighted by Crippen LogP contribution is 2.30. The number of alkyl carbamates (subject to hydrolysis) is 1. The van der Waals surface area contributed by atoms with Crippen LogP contribution in [0.4, 0.5) is 4.79 Å². The molecule has 0 fully saturated rings. The summed E-state index contributed by atoms with van der Waals surface area (Å²) in [5.41, 5.74) is -0.667. The van der Waals surface area contributed by atoms with Crippen molar-refractivity contribution < 1.29 is 19.1 Å². The lowest BCUT2D eigenvalue weighted by atomic mass is 9.95. The van der Waals surface area contributed by atoms with E-state index in [0.29, 0.717) is 5.56 Å². The van der Waals surface area contributed by atoms with Gasteiger partial charge in [-0.05, 0) is 67.9 Å². The molecule has 2 atom stereocenters. The number of rotatable bonds is 6. The molecule has 0 aliphatic carbocycles. The van der Waals surface area contributed by atoms with Crippen LogP contribution >= 0.6 is 0 Å². The Labute approximate surface area is 180 Å². The fraction of sp³-hybridized carbons (Fsp3) is 0.609. The molecule has 0 radical (unpaired) electrons. The van der Waals surface area contributed by atoms with Gasteiger partial charge in [0.2, 0.25) is 11.8 Å². The van der Waals surface area contributed by atoms with Crippen molar-refractivity contribution in [2.24, 2.45) is 0 Å². The third-order valence-electron chi connectivity index (χ3n) is 4.12. The van der Waals surface area contributed by atoms with E-state index in [2.05, 4.69) is 10.6 Å². The second-order valence-electron chi connectivity index (χ2n) is 9.72. The quantitative estimate of drug-likeness (QED) is 0.734. The smallest absolute Gasteiger partial charge is 0.408 e. The van der Waals surface area contributed by atoms with Crippen molar-refractivity contribution >= 4 is 17.9 Å². The Morgan fingerprint density at radius 3 is 1.87 bits per heavy atom. The van der Waals surface area contributed by atoms with E-state index < -0.39 is 29.3 Å². The summed E-state index contributed by atoms with van der Waals surface area (Å²) < 4.78 is 5.27. The van der Waals surface area contributed by atoms with Crippen LogP contribution in [0.25, 0.3) is 0 Å². The van der Waals surface area contributed by atoms with Crippen molar-refractivity contribution in [3.8, 4) is 0 Å². The molecule has 0 spiro atoms. The molecule has 2 N–H and O–H groups in total. The van der Waals surface area contributed by atoms with Crippen molar-refractivity contribution in [2.75, 3.05) is 0 Å². The maximum atomic E-state index is 13.5. The third-order valence-corrected chi connectivity index (χ3v) is 4.12. The van der Waals surface area contributed by atoms with Gasteiger partial charge in [-0.2, -0.15) is 0 Å². The van der Waals surface area contributed by atoms with Crippen molar-refractivity contribution in [3.05, 3.63) is 35.9 Å². The summed E-state index contributed by atoms with van der Waals surface area (Å²) in [6, 6.07) is 7.36. The molecule has 0 aromatic heterocycles. The summed E-state index contributed by atoms with van der Waals surface area (Å²) in [6.45, 7) is 16.2. The topological polar surface area (TPSA) is 87.7 Å². The minimum atomic E-state index is -0.878. The van der Waals surface area contributed by atoms with Crippen molar-refractivity contribution in [1.29, 1.82) is 0 Å². The molecule has 1 rings (SSSR count). The number of benzene rings is 1. The minimum Gasteiger partial charge on any atom is -0.444 e. The van der Waals surface area contributed by atoms with Crippen LogP contribution in [0.1, 0.15) is 73.9 Å². The summed E-state index contributed by atoms with van der Waals surface area (Å²) in [6.07, 6.45) is -0.680. The van der Waals surface area contributed by atoms with E-state index in [1.54, 1.807) is 27.7 Å². The molecule has 7 nitrogen and oxygen atoms in total. The summed E-state index contributed by atoms with van der Waals surface area (Å²) in [5.74, 6) is -0.648. The molecule has 0 saturated heterocycles. The van der Waals surface area contributed by atoms with Gasteiger partial charge in [-0.15, -0.1) is 0 Å². The monoisotopic (exact) mass is 419 g/mol. The van der Waals surface area contributed by atoms with E-state index in [0.717, 1.165) is 0 Å². The maximum Gasteiger partial charge on any atom is 0.408 e.